The highest BCUT2D eigenvalue weighted by Crippen LogP contribution is 2.65. The summed E-state index contributed by atoms with van der Waals surface area (Å²) in [5, 5.41) is 0. The number of hydrogen-bond acceptors (Lipinski definition) is 2. The molecule has 0 N–H and O–H groups in total. The van der Waals surface area contributed by atoms with E-state index in [0.29, 0.717) is 12.0 Å². The fourth-order valence-electron chi connectivity index (χ4n) is 2.17. The van der Waals surface area contributed by atoms with E-state index in [1.807, 2.05) is 6.92 Å². The third-order valence-electron chi connectivity index (χ3n) is 3.36. The second kappa shape index (κ2) is 2.48. The van der Waals surface area contributed by atoms with Crippen LogP contribution in [0.15, 0.2) is 0 Å². The van der Waals surface area contributed by atoms with E-state index in [1.54, 1.807) is 0 Å². The van der Waals surface area contributed by atoms with Crippen molar-refractivity contribution >= 4 is 5.97 Å². The molecule has 0 amide bonds. The Balaban J connectivity index is 1.89. The molecule has 0 saturated heterocycles. The number of esters is 1. The van der Waals surface area contributed by atoms with Crippen LogP contribution in [-0.4, -0.2) is 12.6 Å². The van der Waals surface area contributed by atoms with E-state index in [1.165, 1.54) is 12.8 Å². The molecular weight excluding hydrogens is 152 g/mol. The van der Waals surface area contributed by atoms with Crippen molar-refractivity contribution in [3.8, 4) is 0 Å². The van der Waals surface area contributed by atoms with Gasteiger partial charge in [0.1, 0.15) is 0 Å². The lowest BCUT2D eigenvalue weighted by Gasteiger charge is -2.07. The minimum Gasteiger partial charge on any atom is -0.466 e. The fourth-order valence-corrected chi connectivity index (χ4v) is 2.17. The monoisotopic (exact) mass is 168 g/mol. The van der Waals surface area contributed by atoms with E-state index < -0.39 is 0 Å². The number of carbonyl (C=O) groups excluding carboxylic acids is 1. The van der Waals surface area contributed by atoms with Crippen LogP contribution in [-0.2, 0) is 9.53 Å². The van der Waals surface area contributed by atoms with Gasteiger partial charge in [0.2, 0.25) is 0 Å². The summed E-state index contributed by atoms with van der Waals surface area (Å²) in [6, 6.07) is 0. The molecule has 2 fully saturated rings. The Hall–Kier alpha value is -0.530. The quantitative estimate of drug-likeness (QED) is 0.602. The highest BCUT2D eigenvalue weighted by molar-refractivity contribution is 5.77. The normalized spacial score (nSPS) is 39.3. The Morgan fingerprint density at radius 3 is 2.75 bits per heavy atom. The molecule has 12 heavy (non-hydrogen) atoms. The fraction of sp³-hybridized carbons (Fsp3) is 0.900. The van der Waals surface area contributed by atoms with Crippen molar-refractivity contribution < 1.29 is 9.53 Å². The molecule has 2 nitrogen and oxygen atoms in total. The van der Waals surface area contributed by atoms with E-state index in [-0.39, 0.29) is 11.9 Å². The molecule has 2 saturated carbocycles. The minimum atomic E-state index is 0.0342. The molecule has 2 atom stereocenters. The smallest absolute Gasteiger partial charge is 0.309 e. The van der Waals surface area contributed by atoms with Crippen LogP contribution in [0.3, 0.4) is 0 Å². The Bertz CT molecular complexity index is 208. The van der Waals surface area contributed by atoms with Gasteiger partial charge in [-0.05, 0) is 37.5 Å². The molecule has 0 aromatic carbocycles. The first kappa shape index (κ1) is 8.09. The standard InChI is InChI=1S/C10H16O2/c1-3-12-9(11)8-6-10(8,2)7-4-5-7/h7-8H,3-6H2,1-2H3/t8-,10-/m1/s1. The molecule has 0 aromatic rings. The first-order valence-corrected chi connectivity index (χ1v) is 4.85. The molecule has 0 bridgehead atoms. The van der Waals surface area contributed by atoms with E-state index in [4.69, 9.17) is 4.74 Å². The number of carbonyl (C=O) groups is 1. The molecule has 0 spiro atoms. The summed E-state index contributed by atoms with van der Waals surface area (Å²) in [7, 11) is 0. The molecule has 0 aliphatic heterocycles. The molecule has 2 rings (SSSR count). The van der Waals surface area contributed by atoms with Crippen LogP contribution in [0.2, 0.25) is 0 Å². The van der Waals surface area contributed by atoms with Crippen molar-refractivity contribution in [1.29, 1.82) is 0 Å². The topological polar surface area (TPSA) is 26.3 Å². The highest BCUT2D eigenvalue weighted by atomic mass is 16.5. The second-order valence-corrected chi connectivity index (χ2v) is 4.29. The Morgan fingerprint density at radius 1 is 1.58 bits per heavy atom. The highest BCUT2D eigenvalue weighted by Gasteiger charge is 2.62. The van der Waals surface area contributed by atoms with Gasteiger partial charge in [0.25, 0.3) is 0 Å². The first-order chi connectivity index (χ1) is 5.68. The largest absolute Gasteiger partial charge is 0.466 e. The van der Waals surface area contributed by atoms with Gasteiger partial charge in [0.05, 0.1) is 12.5 Å². The van der Waals surface area contributed by atoms with E-state index in [9.17, 15) is 4.79 Å². The third-order valence-corrected chi connectivity index (χ3v) is 3.36. The molecule has 0 unspecified atom stereocenters. The van der Waals surface area contributed by atoms with Crippen molar-refractivity contribution in [1.82, 2.24) is 0 Å². The maximum Gasteiger partial charge on any atom is 0.309 e. The van der Waals surface area contributed by atoms with Gasteiger partial charge in [-0.3, -0.25) is 4.79 Å². The maximum atomic E-state index is 11.3. The molecule has 2 heteroatoms. The summed E-state index contributed by atoms with van der Waals surface area (Å²) in [4.78, 5) is 11.3. The van der Waals surface area contributed by atoms with Crippen LogP contribution in [0.5, 0.6) is 0 Å². The van der Waals surface area contributed by atoms with Crippen molar-refractivity contribution in [3.63, 3.8) is 0 Å². The first-order valence-electron chi connectivity index (χ1n) is 4.85. The summed E-state index contributed by atoms with van der Waals surface area (Å²) < 4.78 is 5.00. The van der Waals surface area contributed by atoms with E-state index >= 15 is 0 Å². The number of ether oxygens (including phenoxy) is 1. The van der Waals surface area contributed by atoms with Crippen LogP contribution in [0.1, 0.15) is 33.1 Å². The zero-order valence-electron chi connectivity index (χ0n) is 7.80. The van der Waals surface area contributed by atoms with Crippen LogP contribution in [0.4, 0.5) is 0 Å². The minimum absolute atomic E-state index is 0.0342. The van der Waals surface area contributed by atoms with Crippen molar-refractivity contribution in [2.45, 2.75) is 33.1 Å². The Morgan fingerprint density at radius 2 is 2.25 bits per heavy atom. The van der Waals surface area contributed by atoms with Crippen LogP contribution in [0, 0.1) is 17.3 Å². The molecule has 0 radical (unpaired) electrons. The summed E-state index contributed by atoms with van der Waals surface area (Å²) in [5.41, 5.74) is 0.326. The van der Waals surface area contributed by atoms with Crippen LogP contribution in [0.25, 0.3) is 0 Å². The van der Waals surface area contributed by atoms with Gasteiger partial charge >= 0.3 is 5.97 Å². The second-order valence-electron chi connectivity index (χ2n) is 4.29. The lowest BCUT2D eigenvalue weighted by molar-refractivity contribution is -0.145. The summed E-state index contributed by atoms with van der Waals surface area (Å²) in [6.45, 7) is 4.62. The van der Waals surface area contributed by atoms with Gasteiger partial charge in [-0.1, -0.05) is 6.92 Å². The maximum absolute atomic E-state index is 11.3. The number of hydrogen-bond donors (Lipinski definition) is 0. The van der Waals surface area contributed by atoms with Crippen molar-refractivity contribution in [2.24, 2.45) is 17.3 Å². The molecule has 2 aliphatic rings. The number of rotatable bonds is 3. The van der Waals surface area contributed by atoms with Crippen molar-refractivity contribution in [3.05, 3.63) is 0 Å². The molecule has 0 heterocycles. The zero-order chi connectivity index (χ0) is 8.77. The van der Waals surface area contributed by atoms with Crippen molar-refractivity contribution in [2.75, 3.05) is 6.61 Å². The molecule has 2 aliphatic carbocycles. The lowest BCUT2D eigenvalue weighted by Crippen LogP contribution is -2.12. The summed E-state index contributed by atoms with van der Waals surface area (Å²) >= 11 is 0. The van der Waals surface area contributed by atoms with E-state index in [2.05, 4.69) is 6.92 Å². The van der Waals surface area contributed by atoms with Crippen LogP contribution >= 0.6 is 0 Å². The van der Waals surface area contributed by atoms with Gasteiger partial charge < -0.3 is 4.74 Å². The average molecular weight is 168 g/mol. The Kier molecular flexibility index (Phi) is 1.67. The summed E-state index contributed by atoms with van der Waals surface area (Å²) in [6.07, 6.45) is 3.72. The third kappa shape index (κ3) is 1.13. The molecule has 68 valence electrons. The van der Waals surface area contributed by atoms with Gasteiger partial charge in [0, 0.05) is 0 Å². The van der Waals surface area contributed by atoms with Gasteiger partial charge in [0.15, 0.2) is 0 Å². The molecular formula is C10H16O2. The average Bonchev–Trinajstić information content (AvgIpc) is 2.77. The van der Waals surface area contributed by atoms with E-state index in [0.717, 1.165) is 12.3 Å². The Labute approximate surface area is 73.3 Å². The SMILES string of the molecule is CCOC(=O)[C@H]1C[C@]1(C)C1CC1. The lowest BCUT2D eigenvalue weighted by atomic mass is 10.0. The van der Waals surface area contributed by atoms with Gasteiger partial charge in [-0.2, -0.15) is 0 Å². The molecule has 0 aromatic heterocycles. The summed E-state index contributed by atoms with van der Waals surface area (Å²) in [5.74, 6) is 1.09. The predicted molar refractivity (Wildman–Crippen MR) is 45.6 cm³/mol. The van der Waals surface area contributed by atoms with Crippen LogP contribution < -0.4 is 0 Å². The van der Waals surface area contributed by atoms with Gasteiger partial charge in [-0.25, -0.2) is 0 Å². The zero-order valence-corrected chi connectivity index (χ0v) is 7.80. The predicted octanol–water partition coefficient (Wildman–Crippen LogP) is 1.99. The van der Waals surface area contributed by atoms with Gasteiger partial charge in [-0.15, -0.1) is 0 Å².